The molecule has 104 valence electrons. The third-order valence-corrected chi connectivity index (χ3v) is 4.06. The van der Waals surface area contributed by atoms with Crippen molar-refractivity contribution in [2.24, 2.45) is 5.14 Å². The molecule has 0 radical (unpaired) electrons. The third-order valence-electron chi connectivity index (χ3n) is 3.14. The Morgan fingerprint density at radius 1 is 1.42 bits per heavy atom. The molecule has 1 aromatic carbocycles. The maximum Gasteiger partial charge on any atom is 0.257 e. The molecule has 0 atom stereocenters. The molecular formula is C12H16N2O4S. The summed E-state index contributed by atoms with van der Waals surface area (Å²) >= 11 is 0. The van der Waals surface area contributed by atoms with Crippen molar-refractivity contribution in [1.82, 2.24) is 4.90 Å². The van der Waals surface area contributed by atoms with E-state index in [2.05, 4.69) is 0 Å². The van der Waals surface area contributed by atoms with Crippen molar-refractivity contribution in [2.45, 2.75) is 23.8 Å². The molecule has 1 aliphatic carbocycles. The lowest BCUT2D eigenvalue weighted by Gasteiger charge is -2.18. The van der Waals surface area contributed by atoms with Crippen LogP contribution in [0, 0.1) is 0 Å². The van der Waals surface area contributed by atoms with Gasteiger partial charge in [-0.05, 0) is 31.0 Å². The summed E-state index contributed by atoms with van der Waals surface area (Å²) in [5.41, 5.74) is 0.212. The predicted octanol–water partition coefficient (Wildman–Crippen LogP) is 0.577. The number of nitrogens with two attached hydrogens (primary N) is 1. The van der Waals surface area contributed by atoms with Crippen LogP contribution in [-0.2, 0) is 10.0 Å². The van der Waals surface area contributed by atoms with E-state index in [1.165, 1.54) is 25.3 Å². The fourth-order valence-electron chi connectivity index (χ4n) is 1.85. The Bertz CT molecular complexity index is 608. The molecule has 0 aliphatic heterocycles. The van der Waals surface area contributed by atoms with Gasteiger partial charge in [-0.3, -0.25) is 4.79 Å². The second-order valence-corrected chi connectivity index (χ2v) is 6.12. The third kappa shape index (κ3) is 2.87. The molecule has 7 heteroatoms. The molecule has 0 saturated heterocycles. The minimum atomic E-state index is -3.84. The van der Waals surface area contributed by atoms with Crippen LogP contribution >= 0.6 is 0 Å². The molecular weight excluding hydrogens is 268 g/mol. The highest BCUT2D eigenvalue weighted by Crippen LogP contribution is 2.29. The number of carbonyl (C=O) groups is 1. The summed E-state index contributed by atoms with van der Waals surface area (Å²) in [7, 11) is -0.713. The van der Waals surface area contributed by atoms with Crippen molar-refractivity contribution in [3.63, 3.8) is 0 Å². The molecule has 0 bridgehead atoms. The van der Waals surface area contributed by atoms with E-state index in [1.54, 1.807) is 11.9 Å². The average molecular weight is 284 g/mol. The maximum atomic E-state index is 12.3. The van der Waals surface area contributed by atoms with Gasteiger partial charge in [0.25, 0.3) is 5.91 Å². The van der Waals surface area contributed by atoms with Gasteiger partial charge in [-0.15, -0.1) is 0 Å². The zero-order valence-electron chi connectivity index (χ0n) is 10.8. The standard InChI is InChI=1S/C12H16N2O4S/c1-14(8-3-4-8)12(15)10-7-9(19(13,16)17)5-6-11(10)18-2/h5-8H,3-4H2,1-2H3,(H2,13,16,17). The summed E-state index contributed by atoms with van der Waals surface area (Å²) in [4.78, 5) is 13.8. The van der Waals surface area contributed by atoms with Crippen LogP contribution in [0.3, 0.4) is 0 Å². The SMILES string of the molecule is COc1ccc(S(N)(=O)=O)cc1C(=O)N(C)C1CC1. The summed E-state index contributed by atoms with van der Waals surface area (Å²) in [6.45, 7) is 0. The van der Waals surface area contributed by atoms with E-state index in [4.69, 9.17) is 9.88 Å². The molecule has 0 aromatic heterocycles. The van der Waals surface area contributed by atoms with Gasteiger partial charge in [-0.25, -0.2) is 13.6 Å². The number of benzene rings is 1. The Balaban J connectivity index is 2.44. The molecule has 0 heterocycles. The molecule has 1 saturated carbocycles. The van der Waals surface area contributed by atoms with Crippen molar-refractivity contribution >= 4 is 15.9 Å². The number of carbonyl (C=O) groups excluding carboxylic acids is 1. The van der Waals surface area contributed by atoms with Gasteiger partial charge in [0.1, 0.15) is 5.75 Å². The number of amides is 1. The Labute approximate surface area is 112 Å². The molecule has 2 rings (SSSR count). The van der Waals surface area contributed by atoms with E-state index >= 15 is 0 Å². The lowest BCUT2D eigenvalue weighted by molar-refractivity contribution is 0.0781. The highest BCUT2D eigenvalue weighted by molar-refractivity contribution is 7.89. The van der Waals surface area contributed by atoms with Crippen molar-refractivity contribution < 1.29 is 17.9 Å². The minimum absolute atomic E-state index is 0.0964. The van der Waals surface area contributed by atoms with E-state index < -0.39 is 10.0 Å². The second-order valence-electron chi connectivity index (χ2n) is 4.55. The monoisotopic (exact) mass is 284 g/mol. The average Bonchev–Trinajstić information content (AvgIpc) is 3.19. The van der Waals surface area contributed by atoms with Crippen LogP contribution in [0.4, 0.5) is 0 Å². The molecule has 1 fully saturated rings. The lowest BCUT2D eigenvalue weighted by atomic mass is 10.1. The quantitative estimate of drug-likeness (QED) is 0.875. The zero-order valence-corrected chi connectivity index (χ0v) is 11.6. The largest absolute Gasteiger partial charge is 0.496 e. The zero-order chi connectivity index (χ0) is 14.2. The number of primary sulfonamides is 1. The minimum Gasteiger partial charge on any atom is -0.496 e. The van der Waals surface area contributed by atoms with Crippen LogP contribution in [0.15, 0.2) is 23.1 Å². The van der Waals surface area contributed by atoms with Gasteiger partial charge in [0, 0.05) is 13.1 Å². The molecule has 0 unspecified atom stereocenters. The number of hydrogen-bond donors (Lipinski definition) is 1. The van der Waals surface area contributed by atoms with E-state index in [9.17, 15) is 13.2 Å². The Hall–Kier alpha value is -1.60. The summed E-state index contributed by atoms with van der Waals surface area (Å²) in [6.07, 6.45) is 1.94. The van der Waals surface area contributed by atoms with Crippen molar-refractivity contribution in [2.75, 3.05) is 14.2 Å². The van der Waals surface area contributed by atoms with Crippen LogP contribution in [0.1, 0.15) is 23.2 Å². The number of rotatable bonds is 4. The van der Waals surface area contributed by atoms with Gasteiger partial charge in [0.15, 0.2) is 0 Å². The Morgan fingerprint density at radius 2 is 2.05 bits per heavy atom. The topological polar surface area (TPSA) is 89.7 Å². The molecule has 1 aliphatic rings. The fraction of sp³-hybridized carbons (Fsp3) is 0.417. The number of sulfonamides is 1. The van der Waals surface area contributed by atoms with Crippen LogP contribution in [0.25, 0.3) is 0 Å². The Kier molecular flexibility index (Phi) is 3.51. The molecule has 6 nitrogen and oxygen atoms in total. The molecule has 0 spiro atoms. The first kappa shape index (κ1) is 13.8. The summed E-state index contributed by atoms with van der Waals surface area (Å²) < 4.78 is 27.8. The van der Waals surface area contributed by atoms with Gasteiger partial charge < -0.3 is 9.64 Å². The number of methoxy groups -OCH3 is 1. The summed E-state index contributed by atoms with van der Waals surface area (Å²) in [5.74, 6) is 0.0785. The molecule has 2 N–H and O–H groups in total. The lowest BCUT2D eigenvalue weighted by Crippen LogP contribution is -2.29. The van der Waals surface area contributed by atoms with Crippen LogP contribution in [0.2, 0.25) is 0 Å². The van der Waals surface area contributed by atoms with Crippen molar-refractivity contribution in [3.8, 4) is 5.75 Å². The summed E-state index contributed by atoms with van der Waals surface area (Å²) in [5, 5.41) is 5.07. The first-order valence-electron chi connectivity index (χ1n) is 5.82. The van der Waals surface area contributed by atoms with Gasteiger partial charge >= 0.3 is 0 Å². The van der Waals surface area contributed by atoms with Gasteiger partial charge in [-0.2, -0.15) is 0 Å². The van der Waals surface area contributed by atoms with Gasteiger partial charge in [0.05, 0.1) is 17.6 Å². The van der Waals surface area contributed by atoms with Crippen LogP contribution < -0.4 is 9.88 Å². The maximum absolute atomic E-state index is 12.3. The first-order chi connectivity index (χ1) is 8.84. The van der Waals surface area contributed by atoms with E-state index in [0.717, 1.165) is 12.8 Å². The summed E-state index contributed by atoms with van der Waals surface area (Å²) in [6, 6.07) is 4.25. The van der Waals surface area contributed by atoms with E-state index in [0.29, 0.717) is 5.75 Å². The number of ether oxygens (including phenoxy) is 1. The predicted molar refractivity (Wildman–Crippen MR) is 69.5 cm³/mol. The molecule has 19 heavy (non-hydrogen) atoms. The van der Waals surface area contributed by atoms with Gasteiger partial charge in [0.2, 0.25) is 10.0 Å². The Morgan fingerprint density at radius 3 is 2.53 bits per heavy atom. The number of hydrogen-bond acceptors (Lipinski definition) is 4. The van der Waals surface area contributed by atoms with Crippen molar-refractivity contribution in [3.05, 3.63) is 23.8 Å². The second kappa shape index (κ2) is 4.82. The van der Waals surface area contributed by atoms with E-state index in [1.807, 2.05) is 0 Å². The van der Waals surface area contributed by atoms with Gasteiger partial charge in [-0.1, -0.05) is 0 Å². The first-order valence-corrected chi connectivity index (χ1v) is 7.37. The molecule has 1 amide bonds. The smallest absolute Gasteiger partial charge is 0.257 e. The highest BCUT2D eigenvalue weighted by Gasteiger charge is 2.31. The highest BCUT2D eigenvalue weighted by atomic mass is 32.2. The number of nitrogens with zero attached hydrogens (tertiary/aromatic N) is 1. The van der Waals surface area contributed by atoms with E-state index in [-0.39, 0.29) is 22.4 Å². The fourth-order valence-corrected chi connectivity index (χ4v) is 2.39. The molecule has 1 aromatic rings. The van der Waals surface area contributed by atoms with Crippen molar-refractivity contribution in [1.29, 1.82) is 0 Å². The van der Waals surface area contributed by atoms with Crippen LogP contribution in [0.5, 0.6) is 5.75 Å². The van der Waals surface area contributed by atoms with Crippen LogP contribution in [-0.4, -0.2) is 39.4 Å². The normalized spacial score (nSPS) is 15.1.